The van der Waals surface area contributed by atoms with E-state index in [4.69, 9.17) is 17.0 Å². The van der Waals surface area contributed by atoms with Crippen molar-refractivity contribution in [2.24, 2.45) is 11.5 Å². The molecule has 1 heterocycles. The Labute approximate surface area is 110 Å². The summed E-state index contributed by atoms with van der Waals surface area (Å²) in [5, 5.41) is 38.5. The van der Waals surface area contributed by atoms with Gasteiger partial charge in [-0.1, -0.05) is 0 Å². The van der Waals surface area contributed by atoms with E-state index in [0.29, 0.717) is 0 Å². The maximum Gasteiger partial charge on any atom is 0.246 e. The van der Waals surface area contributed by atoms with Crippen LogP contribution in [0.25, 0.3) is 0 Å². The molecule has 1 aliphatic rings. The summed E-state index contributed by atoms with van der Waals surface area (Å²) in [7, 11) is 0. The molecule has 0 aliphatic carbocycles. The minimum absolute atomic E-state index is 0.108. The fourth-order valence-electron chi connectivity index (χ4n) is 1.74. The largest absolute Gasteiger partial charge is 0.394 e. The van der Waals surface area contributed by atoms with Gasteiger partial charge in [-0.2, -0.15) is 12.6 Å². The van der Waals surface area contributed by atoms with Gasteiger partial charge in [0.15, 0.2) is 0 Å². The zero-order valence-corrected chi connectivity index (χ0v) is 10.3. The van der Waals surface area contributed by atoms with Crippen LogP contribution in [0.5, 0.6) is 0 Å². The molecular weight excluding hydrogens is 264 g/mol. The number of carbonyl (C=O) groups excluding carboxylic acids is 1. The maximum atomic E-state index is 12.0. The molecule has 0 bridgehead atoms. The monoisotopic (exact) mass is 283 g/mol. The van der Waals surface area contributed by atoms with Crippen molar-refractivity contribution in [3.63, 3.8) is 0 Å². The molecule has 1 rings (SSSR count). The zero-order chi connectivity index (χ0) is 14.8. The minimum Gasteiger partial charge on any atom is -0.394 e. The van der Waals surface area contributed by atoms with E-state index in [1.807, 2.05) is 5.73 Å². The van der Waals surface area contributed by atoms with Crippen LogP contribution in [0, 0.1) is 0 Å². The van der Waals surface area contributed by atoms with E-state index in [-0.39, 0.29) is 5.75 Å². The van der Waals surface area contributed by atoms with E-state index in [9.17, 15) is 20.1 Å². The van der Waals surface area contributed by atoms with Crippen molar-refractivity contribution < 1.29 is 31.4 Å². The van der Waals surface area contributed by atoms with Crippen LogP contribution in [-0.4, -0.2) is 74.8 Å². The van der Waals surface area contributed by atoms with Crippen LogP contribution in [0.15, 0.2) is 0 Å². The van der Waals surface area contributed by atoms with E-state index in [1.54, 1.807) is 0 Å². The van der Waals surface area contributed by atoms with Crippen LogP contribution in [0.2, 0.25) is 1.41 Å². The highest BCUT2D eigenvalue weighted by Gasteiger charge is 2.56. The average Bonchev–Trinajstić information content (AvgIpc) is 2.41. The number of carbonyl (C=O) groups is 1. The highest BCUT2D eigenvalue weighted by atomic mass is 32.1. The summed E-state index contributed by atoms with van der Waals surface area (Å²) in [5.74, 6) is -3.73. The normalized spacial score (nSPS) is 43.3. The fraction of sp³-hybridized carbons (Fsp3) is 0.889. The number of ether oxygens (including phenoxy) is 1. The van der Waals surface area contributed by atoms with Crippen LogP contribution in [-0.2, 0) is 9.53 Å². The molecule has 1 saturated heterocycles. The maximum absolute atomic E-state index is 12.0. The average molecular weight is 283 g/mol. The summed E-state index contributed by atoms with van der Waals surface area (Å²) in [4.78, 5) is 12.0. The summed E-state index contributed by atoms with van der Waals surface area (Å²) in [6.07, 6.45) is -4.56. The van der Waals surface area contributed by atoms with Crippen LogP contribution >= 0.6 is 12.6 Å². The predicted octanol–water partition coefficient (Wildman–Crippen LogP) is -4.06. The van der Waals surface area contributed by atoms with Gasteiger partial charge in [0.2, 0.25) is 11.6 Å². The first-order valence-corrected chi connectivity index (χ1v) is 5.91. The lowest BCUT2D eigenvalue weighted by atomic mass is 9.87. The first kappa shape index (κ1) is 14.2. The molecule has 0 radical (unpaired) electrons. The number of aliphatic hydroxyl groups is 4. The molecule has 1 aliphatic heterocycles. The molecule has 0 aromatic rings. The lowest BCUT2D eigenvalue weighted by Gasteiger charge is -2.45. The second kappa shape index (κ2) is 5.80. The van der Waals surface area contributed by atoms with Gasteiger partial charge in [-0.15, -0.1) is 0 Å². The van der Waals surface area contributed by atoms with Crippen molar-refractivity contribution >= 4 is 18.4 Å². The molecule has 18 heavy (non-hydrogen) atoms. The number of rotatable bonds is 5. The van der Waals surface area contributed by atoms with Crippen molar-refractivity contribution in [1.29, 1.82) is 0 Å². The molecule has 0 saturated carbocycles. The van der Waals surface area contributed by atoms with Crippen molar-refractivity contribution in [1.82, 2.24) is 0 Å². The molecule has 9 heteroatoms. The highest BCUT2D eigenvalue weighted by Crippen LogP contribution is 2.28. The molecular formula is C9H18N2O6S. The summed E-state index contributed by atoms with van der Waals surface area (Å²) in [6.45, 7) is -0.722. The first-order valence-electron chi connectivity index (χ1n) is 5.78. The van der Waals surface area contributed by atoms with E-state index in [0.717, 1.165) is 0 Å². The van der Waals surface area contributed by atoms with Gasteiger partial charge >= 0.3 is 0 Å². The second-order valence-corrected chi connectivity index (χ2v) is 4.51. The molecule has 0 amide bonds. The van der Waals surface area contributed by atoms with E-state index in [1.165, 1.54) is 0 Å². The number of thiol groups is 1. The van der Waals surface area contributed by atoms with Gasteiger partial charge in [0.1, 0.15) is 19.7 Å². The molecule has 0 aromatic carbocycles. The Morgan fingerprint density at radius 1 is 1.56 bits per heavy atom. The molecule has 0 spiro atoms. The lowest BCUT2D eigenvalue weighted by molar-refractivity contribution is -0.297. The second-order valence-electron chi connectivity index (χ2n) is 4.14. The third-order valence-corrected chi connectivity index (χ3v) is 3.28. The van der Waals surface area contributed by atoms with Gasteiger partial charge in [-0.3, -0.25) is 4.79 Å². The SMILES string of the molecule is [2H]N[C@@H](CS)C(=O)C1(O)O[C@H](CO)[C@@H](O)[C@H](O)[C@H]1N. The molecule has 8 nitrogen and oxygen atoms in total. The molecule has 106 valence electrons. The van der Waals surface area contributed by atoms with Gasteiger partial charge in [-0.05, 0) is 0 Å². The zero-order valence-electron chi connectivity index (χ0n) is 10.4. The Morgan fingerprint density at radius 2 is 2.17 bits per heavy atom. The summed E-state index contributed by atoms with van der Waals surface area (Å²) < 4.78 is 11.9. The van der Waals surface area contributed by atoms with Gasteiger partial charge in [0, 0.05) is 5.75 Å². The van der Waals surface area contributed by atoms with Crippen LogP contribution in [0.3, 0.4) is 0 Å². The Kier molecular flexibility index (Phi) is 4.56. The van der Waals surface area contributed by atoms with Crippen molar-refractivity contribution in [3.05, 3.63) is 0 Å². The first-order chi connectivity index (χ1) is 8.83. The number of hydrogen-bond donors (Lipinski definition) is 7. The summed E-state index contributed by atoms with van der Waals surface area (Å²) in [5.41, 5.74) is 7.39. The predicted molar refractivity (Wildman–Crippen MR) is 63.7 cm³/mol. The number of ketones is 1. The van der Waals surface area contributed by atoms with Crippen molar-refractivity contribution in [2.45, 2.75) is 36.2 Å². The standard InChI is InChI=1S/C9H18N2O6S/c10-3(2-18)8(15)9(16)7(11)6(14)5(13)4(1-12)17-9/h3-7,12-14,16,18H,1-2,10-11H2/t3-,4+,5+,6-,7+,9?/m0/s1/i/hD. The molecule has 8 N–H and O–H groups in total. The lowest BCUT2D eigenvalue weighted by Crippen LogP contribution is -2.73. The topological polar surface area (TPSA) is 159 Å². The van der Waals surface area contributed by atoms with Crippen LogP contribution in [0.4, 0.5) is 0 Å². The Morgan fingerprint density at radius 3 is 2.61 bits per heavy atom. The number of Topliss-reactive ketones (excluding diaryl/α,β-unsaturated/α-hetero) is 1. The van der Waals surface area contributed by atoms with Crippen LogP contribution < -0.4 is 11.5 Å². The van der Waals surface area contributed by atoms with Crippen LogP contribution in [0.1, 0.15) is 0 Å². The Balaban J connectivity index is 3.04. The van der Waals surface area contributed by atoms with E-state index < -0.39 is 48.6 Å². The molecule has 6 atom stereocenters. The Bertz CT molecular complexity index is 332. The van der Waals surface area contributed by atoms with Gasteiger partial charge < -0.3 is 36.6 Å². The fourth-order valence-corrected chi connectivity index (χ4v) is 1.91. The molecule has 0 aromatic heterocycles. The van der Waals surface area contributed by atoms with Crippen molar-refractivity contribution in [3.8, 4) is 0 Å². The van der Waals surface area contributed by atoms with Crippen molar-refractivity contribution in [2.75, 3.05) is 12.4 Å². The van der Waals surface area contributed by atoms with E-state index >= 15 is 0 Å². The third kappa shape index (κ3) is 2.53. The molecule has 1 unspecified atom stereocenters. The van der Waals surface area contributed by atoms with Gasteiger partial charge in [0.05, 0.1) is 18.7 Å². The van der Waals surface area contributed by atoms with Gasteiger partial charge in [0.25, 0.3) is 0 Å². The number of aliphatic hydroxyl groups excluding tert-OH is 3. The number of nitrogens with two attached hydrogens (primary N) is 2. The van der Waals surface area contributed by atoms with Gasteiger partial charge in [-0.25, -0.2) is 0 Å². The quantitative estimate of drug-likeness (QED) is 0.251. The molecule has 1 fully saturated rings. The smallest absolute Gasteiger partial charge is 0.246 e. The summed E-state index contributed by atoms with van der Waals surface area (Å²) in [6, 6.07) is -2.80. The third-order valence-electron chi connectivity index (χ3n) is 2.91. The number of hydrogen-bond acceptors (Lipinski definition) is 9. The minimum atomic E-state index is -2.62. The Hall–Kier alpha value is -0.260. The highest BCUT2D eigenvalue weighted by molar-refractivity contribution is 7.80. The summed E-state index contributed by atoms with van der Waals surface area (Å²) >= 11 is 3.83. The van der Waals surface area contributed by atoms with E-state index in [2.05, 4.69) is 12.6 Å².